The maximum absolute atomic E-state index is 4.75. The average Bonchev–Trinajstić information content (AvgIpc) is 3.40. The van der Waals surface area contributed by atoms with Crippen molar-refractivity contribution in [3.63, 3.8) is 0 Å². The molecule has 0 saturated carbocycles. The highest BCUT2D eigenvalue weighted by Crippen LogP contribution is 2.31. The van der Waals surface area contributed by atoms with Crippen LogP contribution < -0.4 is 0 Å². The molecule has 0 aliphatic heterocycles. The van der Waals surface area contributed by atoms with Gasteiger partial charge < -0.3 is 4.57 Å². The smallest absolute Gasteiger partial charge is 0.191 e. The number of thioether (sulfide) groups is 1. The Labute approximate surface area is 171 Å². The second kappa shape index (κ2) is 7.96. The van der Waals surface area contributed by atoms with Gasteiger partial charge in [-0.3, -0.25) is 0 Å². The first-order chi connectivity index (χ1) is 13.1. The molecule has 4 aromatic rings. The molecule has 0 radical (unpaired) electrons. The number of hydrogen-bond acceptors (Lipinski definition) is 6. The van der Waals surface area contributed by atoms with Gasteiger partial charge in [-0.2, -0.15) is 0 Å². The Bertz CT molecular complexity index is 1030. The van der Waals surface area contributed by atoms with E-state index in [1.807, 2.05) is 25.2 Å². The summed E-state index contributed by atoms with van der Waals surface area (Å²) in [6.45, 7) is 4.43. The third-order valence-electron chi connectivity index (χ3n) is 4.20. The minimum atomic E-state index is 0.536. The van der Waals surface area contributed by atoms with Gasteiger partial charge >= 0.3 is 0 Å². The molecule has 0 spiro atoms. The molecular formula is C20H20N4S3. The van der Waals surface area contributed by atoms with Crippen LogP contribution in [0.2, 0.25) is 0 Å². The minimum absolute atomic E-state index is 0.536. The molecule has 4 rings (SSSR count). The quantitative estimate of drug-likeness (QED) is 0.360. The van der Waals surface area contributed by atoms with Gasteiger partial charge in [-0.05, 0) is 12.0 Å². The first kappa shape index (κ1) is 18.4. The molecule has 0 unspecified atom stereocenters. The third kappa shape index (κ3) is 4.00. The van der Waals surface area contributed by atoms with Crippen LogP contribution in [-0.2, 0) is 12.8 Å². The van der Waals surface area contributed by atoms with Crippen molar-refractivity contribution in [2.24, 2.45) is 7.05 Å². The second-order valence-electron chi connectivity index (χ2n) is 6.56. The summed E-state index contributed by atoms with van der Waals surface area (Å²) in [7, 11) is 2.03. The van der Waals surface area contributed by atoms with Crippen LogP contribution in [0.4, 0.5) is 0 Å². The Balaban J connectivity index is 1.46. The molecule has 27 heavy (non-hydrogen) atoms. The maximum atomic E-state index is 4.75. The number of thiazole rings is 1. The van der Waals surface area contributed by atoms with Crippen molar-refractivity contribution in [3.05, 3.63) is 57.7 Å². The summed E-state index contributed by atoms with van der Waals surface area (Å²) >= 11 is 5.14. The molecule has 0 bridgehead atoms. The lowest BCUT2D eigenvalue weighted by Gasteiger charge is -2.02. The molecule has 3 heterocycles. The fourth-order valence-corrected chi connectivity index (χ4v) is 5.33. The zero-order chi connectivity index (χ0) is 18.8. The van der Waals surface area contributed by atoms with E-state index in [9.17, 15) is 0 Å². The Morgan fingerprint density at radius 3 is 2.59 bits per heavy atom. The van der Waals surface area contributed by atoms with E-state index in [1.165, 1.54) is 4.88 Å². The van der Waals surface area contributed by atoms with E-state index in [1.54, 1.807) is 34.4 Å². The molecule has 4 nitrogen and oxygen atoms in total. The predicted molar refractivity (Wildman–Crippen MR) is 116 cm³/mol. The maximum Gasteiger partial charge on any atom is 0.191 e. The summed E-state index contributed by atoms with van der Waals surface area (Å²) in [6, 6.07) is 12.5. The predicted octanol–water partition coefficient (Wildman–Crippen LogP) is 6.08. The zero-order valence-electron chi connectivity index (χ0n) is 15.4. The molecule has 138 valence electrons. The SMILES string of the molecule is CC(C)c1cc(-c2nnc(SCc3csc(-c4ccccc4)n3)n2C)cs1. The van der Waals surface area contributed by atoms with E-state index < -0.39 is 0 Å². The van der Waals surface area contributed by atoms with Gasteiger partial charge in [-0.15, -0.1) is 32.9 Å². The molecular weight excluding hydrogens is 392 g/mol. The van der Waals surface area contributed by atoms with Crippen molar-refractivity contribution in [1.29, 1.82) is 0 Å². The summed E-state index contributed by atoms with van der Waals surface area (Å²) in [6.07, 6.45) is 0. The van der Waals surface area contributed by atoms with Crippen molar-refractivity contribution in [3.8, 4) is 22.0 Å². The van der Waals surface area contributed by atoms with Crippen LogP contribution in [0, 0.1) is 0 Å². The van der Waals surface area contributed by atoms with Crippen LogP contribution in [0.1, 0.15) is 30.3 Å². The number of aromatic nitrogens is 4. The first-order valence-corrected chi connectivity index (χ1v) is 11.5. The first-order valence-electron chi connectivity index (χ1n) is 8.72. The van der Waals surface area contributed by atoms with E-state index in [4.69, 9.17) is 4.98 Å². The van der Waals surface area contributed by atoms with Gasteiger partial charge in [0.25, 0.3) is 0 Å². The lowest BCUT2D eigenvalue weighted by atomic mass is 10.1. The summed E-state index contributed by atoms with van der Waals surface area (Å²) in [5.74, 6) is 2.24. The van der Waals surface area contributed by atoms with Crippen molar-refractivity contribution in [2.45, 2.75) is 30.7 Å². The van der Waals surface area contributed by atoms with Crippen molar-refractivity contribution in [2.75, 3.05) is 0 Å². The molecule has 1 aromatic carbocycles. The lowest BCUT2D eigenvalue weighted by Crippen LogP contribution is -1.94. The van der Waals surface area contributed by atoms with E-state index in [2.05, 4.69) is 57.6 Å². The van der Waals surface area contributed by atoms with Gasteiger partial charge in [0.1, 0.15) is 5.01 Å². The summed E-state index contributed by atoms with van der Waals surface area (Å²) in [5.41, 5.74) is 3.38. The summed E-state index contributed by atoms with van der Waals surface area (Å²) in [4.78, 5) is 6.13. The van der Waals surface area contributed by atoms with Gasteiger partial charge in [0, 0.05) is 39.6 Å². The van der Waals surface area contributed by atoms with Gasteiger partial charge in [-0.25, -0.2) is 4.98 Å². The molecule has 3 aromatic heterocycles. The van der Waals surface area contributed by atoms with Crippen molar-refractivity contribution >= 4 is 34.4 Å². The molecule has 0 atom stereocenters. The van der Waals surface area contributed by atoms with Crippen molar-refractivity contribution < 1.29 is 0 Å². The highest BCUT2D eigenvalue weighted by Gasteiger charge is 2.14. The van der Waals surface area contributed by atoms with Gasteiger partial charge in [0.05, 0.1) is 5.69 Å². The largest absolute Gasteiger partial charge is 0.305 e. The Morgan fingerprint density at radius 2 is 1.85 bits per heavy atom. The molecule has 0 fully saturated rings. The average molecular weight is 413 g/mol. The highest BCUT2D eigenvalue weighted by atomic mass is 32.2. The zero-order valence-corrected chi connectivity index (χ0v) is 17.9. The Kier molecular flexibility index (Phi) is 5.43. The van der Waals surface area contributed by atoms with Crippen LogP contribution in [-0.4, -0.2) is 19.7 Å². The molecule has 0 saturated heterocycles. The van der Waals surface area contributed by atoms with Gasteiger partial charge in [0.15, 0.2) is 11.0 Å². The minimum Gasteiger partial charge on any atom is -0.305 e. The molecule has 0 aliphatic rings. The van der Waals surface area contributed by atoms with Crippen LogP contribution in [0.3, 0.4) is 0 Å². The normalized spacial score (nSPS) is 11.4. The topological polar surface area (TPSA) is 43.6 Å². The number of hydrogen-bond donors (Lipinski definition) is 0. The summed E-state index contributed by atoms with van der Waals surface area (Å²) in [5, 5.41) is 15.1. The summed E-state index contributed by atoms with van der Waals surface area (Å²) < 4.78 is 2.07. The second-order valence-corrected chi connectivity index (χ2v) is 9.30. The number of benzene rings is 1. The monoisotopic (exact) mass is 412 g/mol. The van der Waals surface area contributed by atoms with E-state index >= 15 is 0 Å². The van der Waals surface area contributed by atoms with Crippen molar-refractivity contribution in [1.82, 2.24) is 19.7 Å². The van der Waals surface area contributed by atoms with Crippen LogP contribution in [0.5, 0.6) is 0 Å². The number of rotatable bonds is 6. The highest BCUT2D eigenvalue weighted by molar-refractivity contribution is 7.98. The number of nitrogens with zero attached hydrogens (tertiary/aromatic N) is 4. The Hall–Kier alpha value is -1.96. The lowest BCUT2D eigenvalue weighted by molar-refractivity contribution is 0.793. The fourth-order valence-electron chi connectivity index (χ4n) is 2.69. The van der Waals surface area contributed by atoms with E-state index in [-0.39, 0.29) is 0 Å². The fraction of sp³-hybridized carbons (Fsp3) is 0.250. The molecule has 0 N–H and O–H groups in total. The molecule has 7 heteroatoms. The molecule has 0 aliphatic carbocycles. The molecule has 0 amide bonds. The van der Waals surface area contributed by atoms with Crippen LogP contribution in [0.25, 0.3) is 22.0 Å². The van der Waals surface area contributed by atoms with Crippen LogP contribution >= 0.6 is 34.4 Å². The van der Waals surface area contributed by atoms with Gasteiger partial charge in [-0.1, -0.05) is 55.9 Å². The van der Waals surface area contributed by atoms with E-state index in [0.717, 1.165) is 38.6 Å². The van der Waals surface area contributed by atoms with Gasteiger partial charge in [0.2, 0.25) is 0 Å². The van der Waals surface area contributed by atoms with E-state index in [0.29, 0.717) is 5.92 Å². The number of thiophene rings is 1. The standard InChI is InChI=1S/C20H20N4S3/c1-13(2)17-9-15(10-25-17)18-22-23-20(24(18)3)27-12-16-11-26-19(21-16)14-7-5-4-6-8-14/h4-11,13H,12H2,1-3H3. The Morgan fingerprint density at radius 1 is 1.04 bits per heavy atom. The van der Waals surface area contributed by atoms with Crippen LogP contribution in [0.15, 0.2) is 52.3 Å². The third-order valence-corrected chi connectivity index (χ3v) is 7.43.